The molecule has 0 atom stereocenters. The molecular formula is C12H17N3. The summed E-state index contributed by atoms with van der Waals surface area (Å²) in [4.78, 5) is 0. The van der Waals surface area contributed by atoms with E-state index in [4.69, 9.17) is 10.7 Å². The molecule has 0 radical (unpaired) electrons. The third-order valence-corrected chi connectivity index (χ3v) is 1.82. The average Bonchev–Trinajstić information content (AvgIpc) is 2.30. The van der Waals surface area contributed by atoms with Gasteiger partial charge in [-0.1, -0.05) is 13.8 Å². The summed E-state index contributed by atoms with van der Waals surface area (Å²) in [5.74, 6) is 0. The van der Waals surface area contributed by atoms with Crippen molar-refractivity contribution in [2.75, 3.05) is 12.4 Å². The number of benzene rings is 1. The molecule has 15 heavy (non-hydrogen) atoms. The predicted molar refractivity (Wildman–Crippen MR) is 64.6 cm³/mol. The van der Waals surface area contributed by atoms with Crippen LogP contribution in [0.15, 0.2) is 18.2 Å². The molecule has 0 spiro atoms. The Kier molecular flexibility index (Phi) is 5.81. The highest BCUT2D eigenvalue weighted by Gasteiger charge is 2.03. The molecule has 3 heteroatoms. The van der Waals surface area contributed by atoms with Crippen molar-refractivity contribution in [1.29, 1.82) is 10.7 Å². The number of hydrogen-bond acceptors (Lipinski definition) is 3. The molecule has 0 saturated carbocycles. The molecule has 3 nitrogen and oxygen atoms in total. The lowest BCUT2D eigenvalue weighted by Gasteiger charge is -2.07. The Morgan fingerprint density at radius 1 is 1.40 bits per heavy atom. The Morgan fingerprint density at radius 3 is 2.40 bits per heavy atom. The Labute approximate surface area is 91.3 Å². The standard InChI is InChI=1S/C10H11N3.C2H6/c1-7(12)9-5-8(6-11)3-4-10(9)13-2;1-2/h3-5,12-13H,1-2H3;1-2H3. The normalized spacial score (nSPS) is 8.20. The number of nitrogens with zero attached hydrogens (tertiary/aromatic N) is 1. The van der Waals surface area contributed by atoms with E-state index in [1.54, 1.807) is 26.1 Å². The molecule has 0 aliphatic heterocycles. The largest absolute Gasteiger partial charge is 0.388 e. The number of nitriles is 1. The van der Waals surface area contributed by atoms with Gasteiger partial charge in [-0.2, -0.15) is 5.26 Å². The van der Waals surface area contributed by atoms with E-state index in [1.807, 2.05) is 26.0 Å². The Hall–Kier alpha value is -1.82. The highest BCUT2D eigenvalue weighted by atomic mass is 14.8. The molecule has 0 amide bonds. The van der Waals surface area contributed by atoms with E-state index in [0.717, 1.165) is 11.3 Å². The molecule has 0 saturated heterocycles. The van der Waals surface area contributed by atoms with Crippen LogP contribution in [0.5, 0.6) is 0 Å². The first kappa shape index (κ1) is 13.2. The van der Waals surface area contributed by atoms with E-state index in [0.29, 0.717) is 11.3 Å². The fraction of sp³-hybridized carbons (Fsp3) is 0.333. The number of rotatable bonds is 2. The SMILES string of the molecule is CC.CNc1ccc(C#N)cc1C(C)=N. The predicted octanol–water partition coefficient (Wildman–Crippen LogP) is 3.01. The van der Waals surface area contributed by atoms with Gasteiger partial charge in [0.1, 0.15) is 0 Å². The topological polar surface area (TPSA) is 59.7 Å². The van der Waals surface area contributed by atoms with Crippen LogP contribution in [0.2, 0.25) is 0 Å². The molecule has 0 unspecified atom stereocenters. The molecule has 0 aliphatic rings. The first-order valence-corrected chi connectivity index (χ1v) is 4.96. The van der Waals surface area contributed by atoms with Gasteiger partial charge >= 0.3 is 0 Å². The summed E-state index contributed by atoms with van der Waals surface area (Å²) in [6, 6.07) is 7.31. The highest BCUT2D eigenvalue weighted by molar-refractivity contribution is 6.01. The van der Waals surface area contributed by atoms with E-state index in [1.165, 1.54) is 0 Å². The average molecular weight is 203 g/mol. The highest BCUT2D eigenvalue weighted by Crippen LogP contribution is 2.16. The van der Waals surface area contributed by atoms with E-state index >= 15 is 0 Å². The van der Waals surface area contributed by atoms with Gasteiger partial charge in [0.15, 0.2) is 0 Å². The van der Waals surface area contributed by atoms with Gasteiger partial charge in [-0.25, -0.2) is 0 Å². The Bertz CT molecular complexity index is 375. The summed E-state index contributed by atoms with van der Waals surface area (Å²) in [6.45, 7) is 5.71. The van der Waals surface area contributed by atoms with Gasteiger partial charge in [-0.05, 0) is 25.1 Å². The molecule has 2 N–H and O–H groups in total. The van der Waals surface area contributed by atoms with Crippen molar-refractivity contribution in [3.8, 4) is 6.07 Å². The summed E-state index contributed by atoms with van der Waals surface area (Å²) < 4.78 is 0. The van der Waals surface area contributed by atoms with Crippen molar-refractivity contribution in [3.05, 3.63) is 29.3 Å². The summed E-state index contributed by atoms with van der Waals surface area (Å²) in [7, 11) is 1.80. The fourth-order valence-electron chi connectivity index (χ4n) is 1.14. The molecule has 1 rings (SSSR count). The quantitative estimate of drug-likeness (QED) is 0.726. The summed E-state index contributed by atoms with van der Waals surface area (Å²) in [6.07, 6.45) is 0. The van der Waals surface area contributed by atoms with Crippen molar-refractivity contribution in [1.82, 2.24) is 0 Å². The maximum Gasteiger partial charge on any atom is 0.0991 e. The number of nitrogens with one attached hydrogen (secondary N) is 2. The van der Waals surface area contributed by atoms with Gasteiger partial charge < -0.3 is 10.7 Å². The van der Waals surface area contributed by atoms with Crippen LogP contribution in [-0.4, -0.2) is 12.8 Å². The third-order valence-electron chi connectivity index (χ3n) is 1.82. The Balaban J connectivity index is 0.000000921. The van der Waals surface area contributed by atoms with E-state index in [2.05, 4.69) is 5.32 Å². The molecule has 0 heterocycles. The van der Waals surface area contributed by atoms with E-state index in [9.17, 15) is 0 Å². The van der Waals surface area contributed by atoms with Crippen LogP contribution in [0.25, 0.3) is 0 Å². The van der Waals surface area contributed by atoms with Crippen LogP contribution >= 0.6 is 0 Å². The van der Waals surface area contributed by atoms with Crippen molar-refractivity contribution < 1.29 is 0 Å². The minimum Gasteiger partial charge on any atom is -0.388 e. The van der Waals surface area contributed by atoms with Crippen LogP contribution in [0.1, 0.15) is 31.9 Å². The number of hydrogen-bond donors (Lipinski definition) is 2. The van der Waals surface area contributed by atoms with Crippen molar-refractivity contribution >= 4 is 11.4 Å². The molecule has 0 aliphatic carbocycles. The smallest absolute Gasteiger partial charge is 0.0991 e. The van der Waals surface area contributed by atoms with Crippen LogP contribution < -0.4 is 5.32 Å². The van der Waals surface area contributed by atoms with Gasteiger partial charge in [-0.3, -0.25) is 0 Å². The van der Waals surface area contributed by atoms with Crippen molar-refractivity contribution in [2.24, 2.45) is 0 Å². The zero-order valence-electron chi connectivity index (χ0n) is 9.68. The lowest BCUT2D eigenvalue weighted by molar-refractivity contribution is 1.41. The first-order valence-electron chi connectivity index (χ1n) is 4.96. The summed E-state index contributed by atoms with van der Waals surface area (Å²) in [5.41, 5.74) is 2.70. The van der Waals surface area contributed by atoms with Gasteiger partial charge in [0, 0.05) is 24.0 Å². The lowest BCUT2D eigenvalue weighted by Crippen LogP contribution is -2.00. The molecule has 1 aromatic carbocycles. The molecule has 0 aromatic heterocycles. The second kappa shape index (κ2) is 6.61. The van der Waals surface area contributed by atoms with Crippen LogP contribution in [0, 0.1) is 16.7 Å². The maximum absolute atomic E-state index is 8.67. The third kappa shape index (κ3) is 3.43. The Morgan fingerprint density at radius 2 is 2.00 bits per heavy atom. The zero-order chi connectivity index (χ0) is 11.8. The zero-order valence-corrected chi connectivity index (χ0v) is 9.68. The lowest BCUT2D eigenvalue weighted by atomic mass is 10.1. The van der Waals surface area contributed by atoms with Crippen molar-refractivity contribution in [2.45, 2.75) is 20.8 Å². The van der Waals surface area contributed by atoms with Crippen molar-refractivity contribution in [3.63, 3.8) is 0 Å². The molecule has 80 valence electrons. The van der Waals surface area contributed by atoms with Gasteiger partial charge in [0.05, 0.1) is 11.6 Å². The van der Waals surface area contributed by atoms with Gasteiger partial charge in [0.25, 0.3) is 0 Å². The molecule has 0 fully saturated rings. The molecule has 0 bridgehead atoms. The molecule has 1 aromatic rings. The fourth-order valence-corrected chi connectivity index (χ4v) is 1.14. The maximum atomic E-state index is 8.67. The number of anilines is 1. The van der Waals surface area contributed by atoms with Gasteiger partial charge in [-0.15, -0.1) is 0 Å². The van der Waals surface area contributed by atoms with Crippen LogP contribution in [0.3, 0.4) is 0 Å². The summed E-state index contributed by atoms with van der Waals surface area (Å²) in [5, 5.41) is 19.1. The first-order chi connectivity index (χ1) is 7.19. The van der Waals surface area contributed by atoms with Crippen LogP contribution in [0.4, 0.5) is 5.69 Å². The molecular weight excluding hydrogens is 186 g/mol. The van der Waals surface area contributed by atoms with Gasteiger partial charge in [0.2, 0.25) is 0 Å². The second-order valence-corrected chi connectivity index (χ2v) is 2.75. The second-order valence-electron chi connectivity index (χ2n) is 2.75. The monoisotopic (exact) mass is 203 g/mol. The van der Waals surface area contributed by atoms with E-state index in [-0.39, 0.29) is 0 Å². The van der Waals surface area contributed by atoms with E-state index < -0.39 is 0 Å². The minimum atomic E-state index is 0.460. The minimum absolute atomic E-state index is 0.460. The van der Waals surface area contributed by atoms with Crippen LogP contribution in [-0.2, 0) is 0 Å². The summed E-state index contributed by atoms with van der Waals surface area (Å²) >= 11 is 0.